The SMILES string of the molecule is CCOc1cccc(-n2c(=S)[nH]c3ccc(Cl)cc32)c1. The van der Waals surface area contributed by atoms with Crippen molar-refractivity contribution in [3.05, 3.63) is 52.3 Å². The molecule has 0 bridgehead atoms. The molecule has 0 fully saturated rings. The van der Waals surface area contributed by atoms with Crippen molar-refractivity contribution in [1.82, 2.24) is 9.55 Å². The highest BCUT2D eigenvalue weighted by molar-refractivity contribution is 7.71. The van der Waals surface area contributed by atoms with Crippen molar-refractivity contribution in [3.8, 4) is 11.4 Å². The summed E-state index contributed by atoms with van der Waals surface area (Å²) in [4.78, 5) is 3.18. The van der Waals surface area contributed by atoms with Crippen molar-refractivity contribution in [3.63, 3.8) is 0 Å². The highest BCUT2D eigenvalue weighted by Crippen LogP contribution is 2.25. The Hall–Kier alpha value is -1.78. The summed E-state index contributed by atoms with van der Waals surface area (Å²) in [5, 5.41) is 0.682. The molecule has 1 heterocycles. The van der Waals surface area contributed by atoms with Gasteiger partial charge in [0.25, 0.3) is 0 Å². The molecule has 0 amide bonds. The Bertz CT molecular complexity index is 822. The van der Waals surface area contributed by atoms with E-state index in [1.807, 2.05) is 54.0 Å². The van der Waals surface area contributed by atoms with Crippen molar-refractivity contribution < 1.29 is 4.74 Å². The fourth-order valence-corrected chi connectivity index (χ4v) is 2.69. The fraction of sp³-hybridized carbons (Fsp3) is 0.133. The van der Waals surface area contributed by atoms with E-state index in [-0.39, 0.29) is 0 Å². The lowest BCUT2D eigenvalue weighted by Gasteiger charge is -2.08. The molecule has 3 nitrogen and oxygen atoms in total. The minimum atomic E-state index is 0.633. The van der Waals surface area contributed by atoms with Crippen LogP contribution in [0.1, 0.15) is 6.92 Å². The average Bonchev–Trinajstić information content (AvgIpc) is 2.75. The zero-order chi connectivity index (χ0) is 14.1. The molecular weight excluding hydrogens is 292 g/mol. The average molecular weight is 305 g/mol. The van der Waals surface area contributed by atoms with Gasteiger partial charge in [0, 0.05) is 11.1 Å². The van der Waals surface area contributed by atoms with Crippen LogP contribution >= 0.6 is 23.8 Å². The Morgan fingerprint density at radius 1 is 1.25 bits per heavy atom. The number of rotatable bonds is 3. The van der Waals surface area contributed by atoms with E-state index in [0.29, 0.717) is 16.4 Å². The van der Waals surface area contributed by atoms with Gasteiger partial charge in [0.15, 0.2) is 4.77 Å². The van der Waals surface area contributed by atoms with Gasteiger partial charge < -0.3 is 9.72 Å². The summed E-state index contributed by atoms with van der Waals surface area (Å²) in [7, 11) is 0. The Labute approximate surface area is 126 Å². The molecule has 0 aliphatic heterocycles. The molecule has 3 rings (SSSR count). The van der Waals surface area contributed by atoms with Crippen molar-refractivity contribution in [1.29, 1.82) is 0 Å². The van der Waals surface area contributed by atoms with E-state index in [2.05, 4.69) is 4.98 Å². The van der Waals surface area contributed by atoms with Gasteiger partial charge in [-0.05, 0) is 49.5 Å². The van der Waals surface area contributed by atoms with Crippen LogP contribution < -0.4 is 4.74 Å². The van der Waals surface area contributed by atoms with Gasteiger partial charge in [-0.2, -0.15) is 0 Å². The number of H-pyrrole nitrogens is 1. The number of halogens is 1. The van der Waals surface area contributed by atoms with Crippen LogP contribution in [0.3, 0.4) is 0 Å². The summed E-state index contributed by atoms with van der Waals surface area (Å²) in [5.41, 5.74) is 2.87. The Kier molecular flexibility index (Phi) is 3.51. The molecule has 0 aliphatic rings. The standard InChI is InChI=1S/C15H13ClN2OS/c1-2-19-12-5-3-4-11(9-12)18-14-8-10(16)6-7-13(14)17-15(18)20/h3-9H,2H2,1H3,(H,17,20). The van der Waals surface area contributed by atoms with Crippen LogP contribution in [-0.4, -0.2) is 16.2 Å². The van der Waals surface area contributed by atoms with Crippen LogP contribution in [0.4, 0.5) is 0 Å². The second-order valence-corrected chi connectivity index (χ2v) is 5.18. The zero-order valence-corrected chi connectivity index (χ0v) is 12.5. The molecule has 0 radical (unpaired) electrons. The maximum Gasteiger partial charge on any atom is 0.182 e. The third-order valence-electron chi connectivity index (χ3n) is 3.03. The van der Waals surface area contributed by atoms with Crippen LogP contribution in [-0.2, 0) is 0 Å². The topological polar surface area (TPSA) is 29.9 Å². The smallest absolute Gasteiger partial charge is 0.182 e. The molecule has 0 unspecified atom stereocenters. The predicted molar refractivity (Wildman–Crippen MR) is 84.6 cm³/mol. The summed E-state index contributed by atoms with van der Waals surface area (Å²) < 4.78 is 8.13. The number of benzene rings is 2. The fourth-order valence-electron chi connectivity index (χ4n) is 2.21. The van der Waals surface area contributed by atoms with Crippen molar-refractivity contribution in [2.75, 3.05) is 6.61 Å². The molecule has 2 aromatic carbocycles. The molecule has 1 aromatic heterocycles. The van der Waals surface area contributed by atoms with E-state index < -0.39 is 0 Å². The molecule has 1 N–H and O–H groups in total. The van der Waals surface area contributed by atoms with Crippen LogP contribution in [0.15, 0.2) is 42.5 Å². The summed E-state index contributed by atoms with van der Waals surface area (Å²) >= 11 is 11.5. The first-order valence-electron chi connectivity index (χ1n) is 6.32. The quantitative estimate of drug-likeness (QED) is 0.708. The Balaban J connectivity index is 2.23. The third-order valence-corrected chi connectivity index (χ3v) is 3.55. The summed E-state index contributed by atoms with van der Waals surface area (Å²) in [6.07, 6.45) is 0. The first-order valence-corrected chi connectivity index (χ1v) is 7.11. The van der Waals surface area contributed by atoms with Crippen molar-refractivity contribution in [2.45, 2.75) is 6.92 Å². The molecule has 3 aromatic rings. The maximum atomic E-state index is 6.08. The highest BCUT2D eigenvalue weighted by atomic mass is 35.5. The van der Waals surface area contributed by atoms with E-state index in [1.54, 1.807) is 0 Å². The number of aromatic amines is 1. The minimum absolute atomic E-state index is 0.633. The zero-order valence-electron chi connectivity index (χ0n) is 10.9. The number of fused-ring (bicyclic) bond motifs is 1. The lowest BCUT2D eigenvalue weighted by molar-refractivity contribution is 0.340. The summed E-state index contributed by atoms with van der Waals surface area (Å²) in [6.45, 7) is 2.60. The first-order chi connectivity index (χ1) is 9.69. The summed E-state index contributed by atoms with van der Waals surface area (Å²) in [5.74, 6) is 0.822. The summed E-state index contributed by atoms with van der Waals surface area (Å²) in [6, 6.07) is 13.5. The second-order valence-electron chi connectivity index (χ2n) is 4.36. The number of imidazole rings is 1. The normalized spacial score (nSPS) is 10.9. The van der Waals surface area contributed by atoms with Crippen LogP contribution in [0.25, 0.3) is 16.7 Å². The van der Waals surface area contributed by atoms with E-state index in [0.717, 1.165) is 22.5 Å². The monoisotopic (exact) mass is 304 g/mol. The van der Waals surface area contributed by atoms with E-state index >= 15 is 0 Å². The molecule has 20 heavy (non-hydrogen) atoms. The Morgan fingerprint density at radius 2 is 2.10 bits per heavy atom. The van der Waals surface area contributed by atoms with Gasteiger partial charge in [0.2, 0.25) is 0 Å². The van der Waals surface area contributed by atoms with Gasteiger partial charge in [-0.25, -0.2) is 0 Å². The number of nitrogens with zero attached hydrogens (tertiary/aromatic N) is 1. The van der Waals surface area contributed by atoms with Gasteiger partial charge >= 0.3 is 0 Å². The van der Waals surface area contributed by atoms with Gasteiger partial charge in [-0.15, -0.1) is 0 Å². The second kappa shape index (κ2) is 5.31. The largest absolute Gasteiger partial charge is 0.494 e. The lowest BCUT2D eigenvalue weighted by atomic mass is 10.2. The molecule has 102 valence electrons. The molecule has 0 aliphatic carbocycles. The van der Waals surface area contributed by atoms with Crippen LogP contribution in [0.5, 0.6) is 5.75 Å². The van der Waals surface area contributed by atoms with Gasteiger partial charge in [-0.3, -0.25) is 4.57 Å². The lowest BCUT2D eigenvalue weighted by Crippen LogP contribution is -1.96. The van der Waals surface area contributed by atoms with Gasteiger partial charge in [0.1, 0.15) is 5.75 Å². The maximum absolute atomic E-state index is 6.08. The predicted octanol–water partition coefficient (Wildman–Crippen LogP) is 4.74. The molecule has 5 heteroatoms. The van der Waals surface area contributed by atoms with E-state index in [1.165, 1.54) is 0 Å². The van der Waals surface area contributed by atoms with E-state index in [9.17, 15) is 0 Å². The van der Waals surface area contributed by atoms with Gasteiger partial charge in [-0.1, -0.05) is 17.7 Å². The molecule has 0 atom stereocenters. The van der Waals surface area contributed by atoms with Crippen molar-refractivity contribution >= 4 is 34.9 Å². The number of hydrogen-bond acceptors (Lipinski definition) is 2. The van der Waals surface area contributed by atoms with E-state index in [4.69, 9.17) is 28.6 Å². The number of nitrogens with one attached hydrogen (secondary N) is 1. The molecule has 0 saturated carbocycles. The van der Waals surface area contributed by atoms with Gasteiger partial charge in [0.05, 0.1) is 23.3 Å². The minimum Gasteiger partial charge on any atom is -0.494 e. The van der Waals surface area contributed by atoms with Crippen molar-refractivity contribution in [2.24, 2.45) is 0 Å². The van der Waals surface area contributed by atoms with Crippen LogP contribution in [0.2, 0.25) is 5.02 Å². The molecule has 0 spiro atoms. The first kappa shape index (κ1) is 13.2. The third kappa shape index (κ3) is 2.32. The number of aromatic nitrogens is 2. The number of ether oxygens (including phenoxy) is 1. The Morgan fingerprint density at radius 3 is 2.90 bits per heavy atom. The number of hydrogen-bond donors (Lipinski definition) is 1. The molecular formula is C15H13ClN2OS. The van der Waals surface area contributed by atoms with Crippen LogP contribution in [0, 0.1) is 4.77 Å². The highest BCUT2D eigenvalue weighted by Gasteiger charge is 2.08. The molecule has 0 saturated heterocycles.